The summed E-state index contributed by atoms with van der Waals surface area (Å²) in [5, 5.41) is 3.95. The molecule has 1 rings (SSSR count). The van der Waals surface area contributed by atoms with Gasteiger partial charge >= 0.3 is 0 Å². The lowest BCUT2D eigenvalue weighted by atomic mass is 9.91. The van der Waals surface area contributed by atoms with Crippen molar-refractivity contribution in [3.8, 4) is 0 Å². The molecule has 17 heavy (non-hydrogen) atoms. The zero-order chi connectivity index (χ0) is 12.8. The molecule has 0 bridgehead atoms. The second-order valence-corrected chi connectivity index (χ2v) is 5.01. The third-order valence-electron chi connectivity index (χ3n) is 3.25. The molecule has 2 atom stereocenters. The average molecular weight is 258 g/mol. The minimum atomic E-state index is -0.220. The fraction of sp³-hybridized carbons (Fsp3) is 0.571. The molecule has 0 saturated heterocycles. The topological polar surface area (TPSA) is 12.0 Å². The largest absolute Gasteiger partial charge is 0.316 e. The van der Waals surface area contributed by atoms with Gasteiger partial charge in [-0.05, 0) is 49.6 Å². The SMILES string of the molecule is CCCC(C)C(Cc1cc(F)ccc1Cl)NC. The molecule has 3 heteroatoms. The highest BCUT2D eigenvalue weighted by atomic mass is 35.5. The molecule has 0 fully saturated rings. The summed E-state index contributed by atoms with van der Waals surface area (Å²) in [4.78, 5) is 0. The zero-order valence-corrected chi connectivity index (χ0v) is 11.5. The summed E-state index contributed by atoms with van der Waals surface area (Å²) >= 11 is 6.08. The highest BCUT2D eigenvalue weighted by Crippen LogP contribution is 2.22. The Balaban J connectivity index is 2.76. The molecule has 96 valence electrons. The summed E-state index contributed by atoms with van der Waals surface area (Å²) < 4.78 is 13.2. The number of likely N-dealkylation sites (N-methyl/N-ethyl adjacent to an activating group) is 1. The first kappa shape index (κ1) is 14.5. The number of nitrogens with one attached hydrogen (secondary N) is 1. The lowest BCUT2D eigenvalue weighted by Gasteiger charge is -2.23. The Kier molecular flexibility index (Phi) is 5.93. The standard InChI is InChI=1S/C14H21ClFN/c1-4-5-10(2)14(17-3)9-11-8-12(16)6-7-13(11)15/h6-8,10,14,17H,4-5,9H2,1-3H3. The monoisotopic (exact) mass is 257 g/mol. The summed E-state index contributed by atoms with van der Waals surface area (Å²) in [5.41, 5.74) is 0.883. The molecule has 0 saturated carbocycles. The third-order valence-corrected chi connectivity index (χ3v) is 3.62. The molecule has 0 aliphatic rings. The van der Waals surface area contributed by atoms with E-state index in [0.29, 0.717) is 17.0 Å². The van der Waals surface area contributed by atoms with Crippen molar-refractivity contribution in [2.24, 2.45) is 5.92 Å². The minimum Gasteiger partial charge on any atom is -0.316 e. The van der Waals surface area contributed by atoms with Gasteiger partial charge in [-0.2, -0.15) is 0 Å². The van der Waals surface area contributed by atoms with Crippen LogP contribution >= 0.6 is 11.6 Å². The van der Waals surface area contributed by atoms with Crippen molar-refractivity contribution in [1.82, 2.24) is 5.32 Å². The highest BCUT2D eigenvalue weighted by Gasteiger charge is 2.16. The van der Waals surface area contributed by atoms with Crippen molar-refractivity contribution in [3.63, 3.8) is 0 Å². The number of benzene rings is 1. The lowest BCUT2D eigenvalue weighted by molar-refractivity contribution is 0.371. The van der Waals surface area contributed by atoms with Crippen LogP contribution in [0.15, 0.2) is 18.2 Å². The van der Waals surface area contributed by atoms with E-state index in [9.17, 15) is 4.39 Å². The van der Waals surface area contributed by atoms with Gasteiger partial charge in [0.2, 0.25) is 0 Å². The molecule has 1 nitrogen and oxygen atoms in total. The first-order chi connectivity index (χ1) is 8.08. The van der Waals surface area contributed by atoms with Crippen molar-refractivity contribution in [2.45, 2.75) is 39.2 Å². The van der Waals surface area contributed by atoms with E-state index in [4.69, 9.17) is 11.6 Å². The van der Waals surface area contributed by atoms with Gasteiger partial charge in [0.25, 0.3) is 0 Å². The van der Waals surface area contributed by atoms with Crippen molar-refractivity contribution >= 4 is 11.6 Å². The van der Waals surface area contributed by atoms with Crippen molar-refractivity contribution < 1.29 is 4.39 Å². The molecule has 1 aromatic rings. The van der Waals surface area contributed by atoms with E-state index < -0.39 is 0 Å². The second kappa shape index (κ2) is 6.97. The third kappa shape index (κ3) is 4.29. The summed E-state index contributed by atoms with van der Waals surface area (Å²) in [7, 11) is 1.95. The van der Waals surface area contributed by atoms with Crippen LogP contribution < -0.4 is 5.32 Å². The lowest BCUT2D eigenvalue weighted by Crippen LogP contribution is -2.34. The first-order valence-corrected chi connectivity index (χ1v) is 6.57. The fourth-order valence-electron chi connectivity index (χ4n) is 2.18. The Morgan fingerprint density at radius 1 is 1.41 bits per heavy atom. The molecule has 0 amide bonds. The van der Waals surface area contributed by atoms with Crippen LogP contribution in [0.1, 0.15) is 32.3 Å². The Bertz CT molecular complexity index is 354. The van der Waals surface area contributed by atoms with E-state index >= 15 is 0 Å². The average Bonchev–Trinajstić information content (AvgIpc) is 2.30. The Morgan fingerprint density at radius 3 is 2.71 bits per heavy atom. The quantitative estimate of drug-likeness (QED) is 0.811. The van der Waals surface area contributed by atoms with Crippen LogP contribution in [-0.4, -0.2) is 13.1 Å². The Hall–Kier alpha value is -0.600. The van der Waals surface area contributed by atoms with Gasteiger partial charge in [-0.25, -0.2) is 4.39 Å². The van der Waals surface area contributed by atoms with E-state index in [2.05, 4.69) is 19.2 Å². The van der Waals surface area contributed by atoms with Crippen LogP contribution in [0.25, 0.3) is 0 Å². The summed E-state index contributed by atoms with van der Waals surface area (Å²) in [6.07, 6.45) is 3.10. The Labute approximate surface area is 108 Å². The summed E-state index contributed by atoms with van der Waals surface area (Å²) in [6.45, 7) is 4.40. The molecule has 0 aliphatic carbocycles. The first-order valence-electron chi connectivity index (χ1n) is 6.19. The van der Waals surface area contributed by atoms with Crippen molar-refractivity contribution in [3.05, 3.63) is 34.6 Å². The maximum atomic E-state index is 13.2. The van der Waals surface area contributed by atoms with Gasteiger partial charge in [0.1, 0.15) is 5.82 Å². The van der Waals surface area contributed by atoms with Gasteiger partial charge in [0.05, 0.1) is 0 Å². The van der Waals surface area contributed by atoms with Gasteiger partial charge in [-0.15, -0.1) is 0 Å². The molecule has 0 radical (unpaired) electrons. The number of halogens is 2. The van der Waals surface area contributed by atoms with E-state index in [1.165, 1.54) is 18.6 Å². The van der Waals surface area contributed by atoms with Crippen LogP contribution in [0, 0.1) is 11.7 Å². The Morgan fingerprint density at radius 2 is 2.12 bits per heavy atom. The van der Waals surface area contributed by atoms with E-state index in [0.717, 1.165) is 18.4 Å². The van der Waals surface area contributed by atoms with E-state index in [1.54, 1.807) is 6.07 Å². The van der Waals surface area contributed by atoms with Gasteiger partial charge in [-0.1, -0.05) is 31.9 Å². The fourth-order valence-corrected chi connectivity index (χ4v) is 2.38. The van der Waals surface area contributed by atoms with Gasteiger partial charge in [0, 0.05) is 11.1 Å². The molecule has 0 aromatic heterocycles. The molecule has 0 aliphatic heterocycles. The zero-order valence-electron chi connectivity index (χ0n) is 10.8. The van der Waals surface area contributed by atoms with Crippen LogP contribution in [0.4, 0.5) is 4.39 Å². The number of rotatable bonds is 6. The number of hydrogen-bond donors (Lipinski definition) is 1. The predicted molar refractivity (Wildman–Crippen MR) is 72.0 cm³/mol. The second-order valence-electron chi connectivity index (χ2n) is 4.60. The van der Waals surface area contributed by atoms with E-state index in [1.807, 2.05) is 7.05 Å². The maximum Gasteiger partial charge on any atom is 0.123 e. The van der Waals surface area contributed by atoms with Crippen molar-refractivity contribution in [2.75, 3.05) is 7.05 Å². The molecular formula is C14H21ClFN. The number of hydrogen-bond acceptors (Lipinski definition) is 1. The molecule has 1 aromatic carbocycles. The van der Waals surface area contributed by atoms with Crippen LogP contribution in [-0.2, 0) is 6.42 Å². The summed E-state index contributed by atoms with van der Waals surface area (Å²) in [6, 6.07) is 4.90. The smallest absolute Gasteiger partial charge is 0.123 e. The molecule has 0 spiro atoms. The van der Waals surface area contributed by atoms with Gasteiger partial charge in [0.15, 0.2) is 0 Å². The molecule has 2 unspecified atom stereocenters. The maximum absolute atomic E-state index is 13.2. The minimum absolute atomic E-state index is 0.220. The van der Waals surface area contributed by atoms with Crippen molar-refractivity contribution in [1.29, 1.82) is 0 Å². The van der Waals surface area contributed by atoms with Crippen LogP contribution in [0.2, 0.25) is 5.02 Å². The highest BCUT2D eigenvalue weighted by molar-refractivity contribution is 6.31. The van der Waals surface area contributed by atoms with Crippen LogP contribution in [0.3, 0.4) is 0 Å². The van der Waals surface area contributed by atoms with E-state index in [-0.39, 0.29) is 5.82 Å². The molecular weight excluding hydrogens is 237 g/mol. The van der Waals surface area contributed by atoms with Gasteiger partial charge in [-0.3, -0.25) is 0 Å². The molecule has 0 heterocycles. The molecule has 1 N–H and O–H groups in total. The normalized spacial score (nSPS) is 14.6. The van der Waals surface area contributed by atoms with Crippen LogP contribution in [0.5, 0.6) is 0 Å². The summed E-state index contributed by atoms with van der Waals surface area (Å²) in [5.74, 6) is 0.340. The van der Waals surface area contributed by atoms with Gasteiger partial charge < -0.3 is 5.32 Å². The predicted octanol–water partition coefficient (Wildman–Crippen LogP) is 4.05.